The molecule has 1 unspecified atom stereocenters. The van der Waals surface area contributed by atoms with Gasteiger partial charge in [-0.1, -0.05) is 35.3 Å². The average molecular weight is 390 g/mol. The summed E-state index contributed by atoms with van der Waals surface area (Å²) in [6.45, 7) is 0. The van der Waals surface area contributed by atoms with Gasteiger partial charge in [0.1, 0.15) is 0 Å². The molecule has 0 bridgehead atoms. The van der Waals surface area contributed by atoms with Gasteiger partial charge in [0.2, 0.25) is 11.7 Å². The van der Waals surface area contributed by atoms with Crippen LogP contribution in [0, 0.1) is 0 Å². The zero-order chi connectivity index (χ0) is 18.4. The molecule has 5 nitrogen and oxygen atoms in total. The number of hydrazine groups is 1. The van der Waals surface area contributed by atoms with Crippen LogP contribution in [0.15, 0.2) is 41.4 Å². The fourth-order valence-electron chi connectivity index (χ4n) is 2.46. The normalized spacial score (nSPS) is 20.3. The Bertz CT molecular complexity index is 845. The number of halogens is 5. The molecule has 0 radical (unpaired) electrons. The minimum Gasteiger partial charge on any atom is -0.369 e. The van der Waals surface area contributed by atoms with Gasteiger partial charge >= 0.3 is 6.18 Å². The summed E-state index contributed by atoms with van der Waals surface area (Å²) in [5, 5.41) is 0.267. The Labute approximate surface area is 150 Å². The Morgan fingerprint density at radius 3 is 2.24 bits per heavy atom. The molecule has 1 aliphatic heterocycles. The lowest BCUT2D eigenvalue weighted by molar-refractivity contribution is -0.137. The van der Waals surface area contributed by atoms with Crippen molar-refractivity contribution in [3.05, 3.63) is 57.6 Å². The number of rotatable bonds is 2. The maximum absolute atomic E-state index is 12.9. The van der Waals surface area contributed by atoms with Crippen molar-refractivity contribution >= 4 is 29.2 Å². The van der Waals surface area contributed by atoms with Crippen LogP contribution in [0.4, 0.5) is 13.2 Å². The summed E-state index contributed by atoms with van der Waals surface area (Å²) in [5.74, 6) is -1.30. The summed E-state index contributed by atoms with van der Waals surface area (Å²) in [5.41, 5.74) is 16.9. The van der Waals surface area contributed by atoms with Crippen LogP contribution in [-0.2, 0) is 12.0 Å². The minimum absolute atomic E-state index is 0.0803. The maximum atomic E-state index is 12.9. The Hall–Kier alpha value is -2.00. The third-order valence-electron chi connectivity index (χ3n) is 3.64. The molecular weight excluding hydrogens is 378 g/mol. The van der Waals surface area contributed by atoms with E-state index in [1.165, 1.54) is 24.3 Å². The Balaban J connectivity index is 2.08. The molecule has 10 heteroatoms. The largest absolute Gasteiger partial charge is 0.416 e. The molecule has 0 saturated heterocycles. The van der Waals surface area contributed by atoms with Gasteiger partial charge < -0.3 is 5.73 Å². The minimum atomic E-state index is -4.47. The van der Waals surface area contributed by atoms with Crippen molar-refractivity contribution < 1.29 is 13.2 Å². The van der Waals surface area contributed by atoms with Crippen molar-refractivity contribution in [2.24, 2.45) is 16.5 Å². The first kappa shape index (κ1) is 17.8. The van der Waals surface area contributed by atoms with Crippen molar-refractivity contribution in [1.29, 1.82) is 0 Å². The van der Waals surface area contributed by atoms with E-state index in [0.717, 1.165) is 12.1 Å². The number of alkyl halides is 3. The summed E-state index contributed by atoms with van der Waals surface area (Å²) in [4.78, 5) is 4.01. The third-order valence-corrected chi connectivity index (χ3v) is 4.23. The molecule has 3 rings (SSSR count). The fourth-order valence-corrected chi connectivity index (χ4v) is 3.17. The van der Waals surface area contributed by atoms with Gasteiger partial charge in [0, 0.05) is 11.1 Å². The zero-order valence-corrected chi connectivity index (χ0v) is 14.0. The van der Waals surface area contributed by atoms with Crippen molar-refractivity contribution in [3.63, 3.8) is 0 Å². The lowest BCUT2D eigenvalue weighted by Gasteiger charge is -2.22. The molecule has 2 aromatic rings. The van der Waals surface area contributed by atoms with Crippen LogP contribution in [0.2, 0.25) is 10.0 Å². The highest BCUT2D eigenvalue weighted by Crippen LogP contribution is 2.40. The van der Waals surface area contributed by atoms with Crippen LogP contribution in [0.3, 0.4) is 0 Å². The highest BCUT2D eigenvalue weighted by molar-refractivity contribution is 6.39. The molecule has 0 saturated carbocycles. The standard InChI is InChI=1S/C15H12Cl2F3N5/c16-10-5-9(15(22)23-13(21)24-25-15)6-11(17)12(10)7-2-1-3-8(4-7)14(18,19)20/h1-6,25H,22H2,(H3,21,23,24). The van der Waals surface area contributed by atoms with E-state index in [9.17, 15) is 13.2 Å². The van der Waals surface area contributed by atoms with Crippen LogP contribution in [0.25, 0.3) is 11.1 Å². The molecule has 25 heavy (non-hydrogen) atoms. The molecule has 2 aromatic carbocycles. The van der Waals surface area contributed by atoms with Crippen LogP contribution in [-0.4, -0.2) is 5.96 Å². The predicted octanol–water partition coefficient (Wildman–Crippen LogP) is 3.17. The van der Waals surface area contributed by atoms with E-state index in [2.05, 4.69) is 15.8 Å². The summed E-state index contributed by atoms with van der Waals surface area (Å²) in [6.07, 6.45) is -4.47. The number of hydrogen-bond acceptors (Lipinski definition) is 5. The second-order valence-corrected chi connectivity index (χ2v) is 6.22. The van der Waals surface area contributed by atoms with Gasteiger partial charge in [-0.3, -0.25) is 11.2 Å². The summed E-state index contributed by atoms with van der Waals surface area (Å²) in [6, 6.07) is 7.68. The highest BCUT2D eigenvalue weighted by Gasteiger charge is 2.33. The molecule has 0 amide bonds. The first-order chi connectivity index (χ1) is 11.6. The Kier molecular flexibility index (Phi) is 4.32. The lowest BCUT2D eigenvalue weighted by atomic mass is 9.99. The molecule has 1 atom stereocenters. The maximum Gasteiger partial charge on any atom is 0.416 e. The van der Waals surface area contributed by atoms with E-state index in [4.69, 9.17) is 34.7 Å². The monoisotopic (exact) mass is 389 g/mol. The van der Waals surface area contributed by atoms with Gasteiger partial charge in [-0.25, -0.2) is 4.99 Å². The van der Waals surface area contributed by atoms with E-state index in [1.807, 2.05) is 0 Å². The molecule has 0 spiro atoms. The highest BCUT2D eigenvalue weighted by atomic mass is 35.5. The van der Waals surface area contributed by atoms with Gasteiger partial charge in [-0.15, -0.1) is 0 Å². The smallest absolute Gasteiger partial charge is 0.369 e. The van der Waals surface area contributed by atoms with Gasteiger partial charge in [-0.2, -0.15) is 18.6 Å². The molecule has 1 aliphatic rings. The number of nitrogens with one attached hydrogen (secondary N) is 2. The van der Waals surface area contributed by atoms with E-state index in [-0.39, 0.29) is 27.1 Å². The first-order valence-electron chi connectivity index (χ1n) is 6.95. The van der Waals surface area contributed by atoms with Crippen molar-refractivity contribution in [1.82, 2.24) is 10.9 Å². The van der Waals surface area contributed by atoms with Crippen molar-refractivity contribution in [2.45, 2.75) is 12.0 Å². The van der Waals surface area contributed by atoms with Gasteiger partial charge in [0.15, 0.2) is 0 Å². The van der Waals surface area contributed by atoms with Crippen LogP contribution in [0.5, 0.6) is 0 Å². The number of nitrogens with two attached hydrogens (primary N) is 2. The van der Waals surface area contributed by atoms with E-state index >= 15 is 0 Å². The average Bonchev–Trinajstić information content (AvgIpc) is 2.87. The molecule has 0 aliphatic carbocycles. The topological polar surface area (TPSA) is 88.5 Å². The van der Waals surface area contributed by atoms with Gasteiger partial charge in [-0.05, 0) is 29.8 Å². The molecule has 0 aromatic heterocycles. The third kappa shape index (κ3) is 3.38. The van der Waals surface area contributed by atoms with Crippen molar-refractivity contribution in [3.8, 4) is 11.1 Å². The van der Waals surface area contributed by atoms with Gasteiger partial charge in [0.05, 0.1) is 15.6 Å². The van der Waals surface area contributed by atoms with E-state index < -0.39 is 17.5 Å². The summed E-state index contributed by atoms with van der Waals surface area (Å²) in [7, 11) is 0. The number of guanidine groups is 1. The van der Waals surface area contributed by atoms with Gasteiger partial charge in [0.25, 0.3) is 0 Å². The number of hydrogen-bond donors (Lipinski definition) is 4. The molecule has 6 N–H and O–H groups in total. The Morgan fingerprint density at radius 1 is 1.08 bits per heavy atom. The predicted molar refractivity (Wildman–Crippen MR) is 90.7 cm³/mol. The molecule has 132 valence electrons. The lowest BCUT2D eigenvalue weighted by Crippen LogP contribution is -2.50. The first-order valence-corrected chi connectivity index (χ1v) is 7.70. The van der Waals surface area contributed by atoms with Crippen LogP contribution in [0.1, 0.15) is 11.1 Å². The summed E-state index contributed by atoms with van der Waals surface area (Å²) >= 11 is 12.5. The molecular formula is C15H12Cl2F3N5. The Morgan fingerprint density at radius 2 is 1.72 bits per heavy atom. The number of aliphatic imine (C=N–C) groups is 1. The summed E-state index contributed by atoms with van der Waals surface area (Å²) < 4.78 is 38.7. The second kappa shape index (κ2) is 6.06. The second-order valence-electron chi connectivity index (χ2n) is 5.41. The molecule has 0 fully saturated rings. The number of benzene rings is 2. The van der Waals surface area contributed by atoms with E-state index in [1.54, 1.807) is 0 Å². The SMILES string of the molecule is NC1=NC(N)(c2cc(Cl)c(-c3cccc(C(F)(F)F)c3)c(Cl)c2)NN1. The van der Waals surface area contributed by atoms with Crippen LogP contribution >= 0.6 is 23.2 Å². The quantitative estimate of drug-likeness (QED) is 0.635. The van der Waals surface area contributed by atoms with Crippen molar-refractivity contribution in [2.75, 3.05) is 0 Å². The van der Waals surface area contributed by atoms with Crippen LogP contribution < -0.4 is 22.3 Å². The van der Waals surface area contributed by atoms with E-state index in [0.29, 0.717) is 5.56 Å². The zero-order valence-electron chi connectivity index (χ0n) is 12.5. The fraction of sp³-hybridized carbons (Fsp3) is 0.133. The molecule has 1 heterocycles. The number of nitrogens with zero attached hydrogens (tertiary/aromatic N) is 1.